The molecule has 108 valence electrons. The summed E-state index contributed by atoms with van der Waals surface area (Å²) in [6.45, 7) is 1.68. The van der Waals surface area contributed by atoms with Crippen LogP contribution in [0.5, 0.6) is 0 Å². The van der Waals surface area contributed by atoms with E-state index in [2.05, 4.69) is 0 Å². The van der Waals surface area contributed by atoms with Crippen LogP contribution in [0.15, 0.2) is 24.3 Å². The Balaban J connectivity index is 2.52. The molecule has 0 heterocycles. The van der Waals surface area contributed by atoms with E-state index < -0.39 is 9.84 Å². The van der Waals surface area contributed by atoms with Gasteiger partial charge in [0.15, 0.2) is 0 Å². The lowest BCUT2D eigenvalue weighted by Crippen LogP contribution is -2.14. The predicted octanol–water partition coefficient (Wildman–Crippen LogP) is 1.97. The van der Waals surface area contributed by atoms with Crippen LogP contribution in [-0.4, -0.2) is 34.0 Å². The van der Waals surface area contributed by atoms with E-state index in [0.717, 1.165) is 11.3 Å². The van der Waals surface area contributed by atoms with E-state index in [4.69, 9.17) is 5.73 Å². The van der Waals surface area contributed by atoms with Crippen molar-refractivity contribution in [1.29, 1.82) is 0 Å². The van der Waals surface area contributed by atoms with Gasteiger partial charge in [0.1, 0.15) is 9.84 Å². The largest absolute Gasteiger partial charge is 0.378 e. The van der Waals surface area contributed by atoms with Gasteiger partial charge in [0.25, 0.3) is 0 Å². The van der Waals surface area contributed by atoms with Crippen LogP contribution in [0.25, 0.3) is 0 Å². The Morgan fingerprint density at radius 3 is 2.26 bits per heavy atom. The molecular formula is C14H24N2O2S. The second-order valence-electron chi connectivity index (χ2n) is 4.97. The first-order chi connectivity index (χ1) is 8.85. The Morgan fingerprint density at radius 1 is 1.21 bits per heavy atom. The SMILES string of the molecule is CCS(=O)(=O)CCCC(N)c1ccc(N(C)C)cc1. The van der Waals surface area contributed by atoms with E-state index in [9.17, 15) is 8.42 Å². The summed E-state index contributed by atoms with van der Waals surface area (Å²) in [5.41, 5.74) is 8.27. The average molecular weight is 284 g/mol. The number of rotatable bonds is 7. The van der Waals surface area contributed by atoms with Gasteiger partial charge in [0, 0.05) is 31.6 Å². The summed E-state index contributed by atoms with van der Waals surface area (Å²) in [5.74, 6) is 0.437. The average Bonchev–Trinajstić information content (AvgIpc) is 2.38. The molecule has 5 heteroatoms. The number of benzene rings is 1. The quantitative estimate of drug-likeness (QED) is 0.831. The first kappa shape index (κ1) is 16.0. The first-order valence-electron chi connectivity index (χ1n) is 6.59. The summed E-state index contributed by atoms with van der Waals surface area (Å²) in [6.07, 6.45) is 1.31. The Kier molecular flexibility index (Phi) is 5.82. The van der Waals surface area contributed by atoms with Gasteiger partial charge in [-0.25, -0.2) is 8.42 Å². The van der Waals surface area contributed by atoms with E-state index in [1.54, 1.807) is 6.92 Å². The molecule has 1 unspecified atom stereocenters. The van der Waals surface area contributed by atoms with Gasteiger partial charge < -0.3 is 10.6 Å². The molecule has 0 fully saturated rings. The molecule has 0 aliphatic carbocycles. The Hall–Kier alpha value is -1.07. The van der Waals surface area contributed by atoms with E-state index in [0.29, 0.717) is 12.8 Å². The molecule has 1 aromatic carbocycles. The van der Waals surface area contributed by atoms with Crippen LogP contribution in [-0.2, 0) is 9.84 Å². The minimum atomic E-state index is -2.88. The maximum atomic E-state index is 11.4. The molecule has 0 aromatic heterocycles. The lowest BCUT2D eigenvalue weighted by atomic mass is 10.0. The zero-order valence-electron chi connectivity index (χ0n) is 12.0. The monoisotopic (exact) mass is 284 g/mol. The van der Waals surface area contributed by atoms with Crippen molar-refractivity contribution in [1.82, 2.24) is 0 Å². The van der Waals surface area contributed by atoms with Crippen LogP contribution >= 0.6 is 0 Å². The van der Waals surface area contributed by atoms with Gasteiger partial charge in [-0.2, -0.15) is 0 Å². The van der Waals surface area contributed by atoms with E-state index in [1.165, 1.54) is 0 Å². The van der Waals surface area contributed by atoms with Gasteiger partial charge in [0.2, 0.25) is 0 Å². The highest BCUT2D eigenvalue weighted by atomic mass is 32.2. The number of nitrogens with zero attached hydrogens (tertiary/aromatic N) is 1. The molecule has 19 heavy (non-hydrogen) atoms. The Bertz CT molecular complexity index is 481. The van der Waals surface area contributed by atoms with Crippen molar-refractivity contribution < 1.29 is 8.42 Å². The summed E-state index contributed by atoms with van der Waals surface area (Å²) in [6, 6.07) is 7.97. The number of anilines is 1. The topological polar surface area (TPSA) is 63.4 Å². The lowest BCUT2D eigenvalue weighted by molar-refractivity contribution is 0.584. The second kappa shape index (κ2) is 6.91. The fourth-order valence-electron chi connectivity index (χ4n) is 1.85. The molecule has 2 N–H and O–H groups in total. The van der Waals surface area contributed by atoms with Crippen molar-refractivity contribution in [2.45, 2.75) is 25.8 Å². The van der Waals surface area contributed by atoms with Crippen LogP contribution in [0.4, 0.5) is 5.69 Å². The van der Waals surface area contributed by atoms with Gasteiger partial charge in [-0.1, -0.05) is 19.1 Å². The van der Waals surface area contributed by atoms with Crippen molar-refractivity contribution in [2.24, 2.45) is 5.73 Å². The number of sulfone groups is 1. The summed E-state index contributed by atoms with van der Waals surface area (Å²) >= 11 is 0. The van der Waals surface area contributed by atoms with Crippen LogP contribution in [0, 0.1) is 0 Å². The van der Waals surface area contributed by atoms with Gasteiger partial charge >= 0.3 is 0 Å². The van der Waals surface area contributed by atoms with Crippen LogP contribution < -0.4 is 10.6 Å². The molecule has 0 spiro atoms. The Labute approximate surface area is 116 Å². The normalized spacial score (nSPS) is 13.3. The number of hydrogen-bond acceptors (Lipinski definition) is 4. The second-order valence-corrected chi connectivity index (χ2v) is 7.44. The summed E-state index contributed by atoms with van der Waals surface area (Å²) in [4.78, 5) is 2.03. The third-order valence-electron chi connectivity index (χ3n) is 3.25. The maximum Gasteiger partial charge on any atom is 0.150 e. The van der Waals surface area contributed by atoms with Crippen molar-refractivity contribution in [3.05, 3.63) is 29.8 Å². The smallest absolute Gasteiger partial charge is 0.150 e. The standard InChI is InChI=1S/C14H24N2O2S/c1-4-19(17,18)11-5-6-14(15)12-7-9-13(10-8-12)16(2)3/h7-10,14H,4-6,11,15H2,1-3H3. The van der Waals surface area contributed by atoms with Crippen molar-refractivity contribution in [3.63, 3.8) is 0 Å². The summed E-state index contributed by atoms with van der Waals surface area (Å²) in [5, 5.41) is 0. The van der Waals surface area contributed by atoms with Gasteiger partial charge in [-0.05, 0) is 30.5 Å². The third-order valence-corrected chi connectivity index (χ3v) is 5.04. The molecular weight excluding hydrogens is 260 g/mol. The highest BCUT2D eigenvalue weighted by molar-refractivity contribution is 7.91. The molecule has 0 aliphatic heterocycles. The summed E-state index contributed by atoms with van der Waals surface area (Å²) in [7, 11) is 1.10. The minimum Gasteiger partial charge on any atom is -0.378 e. The first-order valence-corrected chi connectivity index (χ1v) is 8.41. The fourth-order valence-corrected chi connectivity index (χ4v) is 2.75. The molecule has 0 saturated carbocycles. The van der Waals surface area contributed by atoms with Gasteiger partial charge in [0.05, 0.1) is 5.75 Å². The molecule has 1 rings (SSSR count). The molecule has 0 bridgehead atoms. The molecule has 0 saturated heterocycles. The van der Waals surface area contributed by atoms with E-state index in [1.807, 2.05) is 43.3 Å². The zero-order chi connectivity index (χ0) is 14.5. The van der Waals surface area contributed by atoms with Crippen LogP contribution in [0.2, 0.25) is 0 Å². The minimum absolute atomic E-state index is 0.0942. The van der Waals surface area contributed by atoms with Crippen LogP contribution in [0.3, 0.4) is 0 Å². The molecule has 0 aliphatic rings. The molecule has 0 amide bonds. The highest BCUT2D eigenvalue weighted by Gasteiger charge is 2.10. The van der Waals surface area contributed by atoms with Gasteiger partial charge in [-0.15, -0.1) is 0 Å². The van der Waals surface area contributed by atoms with Crippen molar-refractivity contribution >= 4 is 15.5 Å². The fraction of sp³-hybridized carbons (Fsp3) is 0.571. The predicted molar refractivity (Wildman–Crippen MR) is 81.3 cm³/mol. The Morgan fingerprint density at radius 2 is 1.79 bits per heavy atom. The molecule has 4 nitrogen and oxygen atoms in total. The number of hydrogen-bond donors (Lipinski definition) is 1. The summed E-state index contributed by atoms with van der Waals surface area (Å²) < 4.78 is 22.8. The maximum absolute atomic E-state index is 11.4. The molecule has 0 radical (unpaired) electrons. The number of nitrogens with two attached hydrogens (primary N) is 1. The van der Waals surface area contributed by atoms with Crippen molar-refractivity contribution in [3.8, 4) is 0 Å². The molecule has 1 aromatic rings. The van der Waals surface area contributed by atoms with Crippen LogP contribution in [0.1, 0.15) is 31.4 Å². The van der Waals surface area contributed by atoms with Gasteiger partial charge in [-0.3, -0.25) is 0 Å². The molecule has 1 atom stereocenters. The highest BCUT2D eigenvalue weighted by Crippen LogP contribution is 2.19. The van der Waals surface area contributed by atoms with Crippen molar-refractivity contribution in [2.75, 3.05) is 30.5 Å². The van der Waals surface area contributed by atoms with E-state index in [-0.39, 0.29) is 17.5 Å². The zero-order valence-corrected chi connectivity index (χ0v) is 12.8. The lowest BCUT2D eigenvalue weighted by Gasteiger charge is -2.15. The third kappa shape index (κ3) is 5.20. The van der Waals surface area contributed by atoms with E-state index >= 15 is 0 Å².